The van der Waals surface area contributed by atoms with Crippen LogP contribution >= 0.6 is 11.8 Å². The molecule has 0 amide bonds. The summed E-state index contributed by atoms with van der Waals surface area (Å²) in [5.41, 5.74) is 0. The Kier molecular flexibility index (Phi) is 4.38. The van der Waals surface area contributed by atoms with Gasteiger partial charge in [-0.25, -0.2) is 0 Å². The Balaban J connectivity index is 2.21. The largest absolute Gasteiger partial charge is 0.378 e. The molecule has 1 aliphatic rings. The third-order valence-electron chi connectivity index (χ3n) is 2.41. The molecule has 7 heteroatoms. The molecule has 1 saturated heterocycles. The van der Waals surface area contributed by atoms with E-state index in [1.165, 1.54) is 11.8 Å². The summed E-state index contributed by atoms with van der Waals surface area (Å²) in [6, 6.07) is 0. The Bertz CT molecular complexity index is 370. The molecule has 0 atom stereocenters. The smallest absolute Gasteiger partial charge is 0.231 e. The van der Waals surface area contributed by atoms with Gasteiger partial charge in [0.1, 0.15) is 0 Å². The summed E-state index contributed by atoms with van der Waals surface area (Å²) in [4.78, 5) is 15.3. The van der Waals surface area contributed by atoms with Crippen LogP contribution in [-0.2, 0) is 4.74 Å². The molecule has 0 radical (unpaired) electrons. The first-order valence-corrected chi connectivity index (χ1v) is 6.92. The third-order valence-corrected chi connectivity index (χ3v) is 2.96. The fraction of sp³-hybridized carbons (Fsp3) is 0.700. The number of anilines is 2. The number of aromatic nitrogens is 3. The van der Waals surface area contributed by atoms with Gasteiger partial charge in [0.2, 0.25) is 11.9 Å². The predicted molar refractivity (Wildman–Crippen MR) is 68.8 cm³/mol. The van der Waals surface area contributed by atoms with Crippen molar-refractivity contribution in [2.75, 3.05) is 49.3 Å². The second-order valence-electron chi connectivity index (χ2n) is 3.58. The van der Waals surface area contributed by atoms with Crippen molar-refractivity contribution in [1.82, 2.24) is 15.0 Å². The lowest BCUT2D eigenvalue weighted by molar-refractivity contribution is 0.122. The van der Waals surface area contributed by atoms with E-state index in [1.807, 2.05) is 13.2 Å². The third kappa shape index (κ3) is 3.19. The van der Waals surface area contributed by atoms with Gasteiger partial charge < -0.3 is 15.0 Å². The predicted octanol–water partition coefficient (Wildman–Crippen LogP) is 0.862. The van der Waals surface area contributed by atoms with Gasteiger partial charge in [-0.15, -0.1) is 0 Å². The summed E-state index contributed by atoms with van der Waals surface area (Å²) in [5, 5.41) is 3.88. The molecule has 1 aromatic heterocycles. The maximum atomic E-state index is 5.32. The summed E-state index contributed by atoms with van der Waals surface area (Å²) < 4.78 is 5.32. The standard InChI is InChI=1S/C10H17N5OS/c1-3-11-8-12-9(14-10(13-8)17-2)15-4-6-16-7-5-15/h3-7H2,1-2H3,(H,11,12,13,14). The molecular weight excluding hydrogens is 238 g/mol. The van der Waals surface area contributed by atoms with Crippen molar-refractivity contribution in [3.05, 3.63) is 0 Å². The van der Waals surface area contributed by atoms with Gasteiger partial charge in [-0.1, -0.05) is 11.8 Å². The highest BCUT2D eigenvalue weighted by molar-refractivity contribution is 7.98. The Morgan fingerprint density at radius 1 is 1.29 bits per heavy atom. The van der Waals surface area contributed by atoms with Gasteiger partial charge in [0, 0.05) is 19.6 Å². The maximum Gasteiger partial charge on any atom is 0.231 e. The van der Waals surface area contributed by atoms with Crippen molar-refractivity contribution in [3.63, 3.8) is 0 Å². The highest BCUT2D eigenvalue weighted by Crippen LogP contribution is 2.17. The van der Waals surface area contributed by atoms with Crippen LogP contribution in [0.2, 0.25) is 0 Å². The molecule has 17 heavy (non-hydrogen) atoms. The Hall–Kier alpha value is -1.08. The van der Waals surface area contributed by atoms with Crippen molar-refractivity contribution >= 4 is 23.7 Å². The molecule has 2 rings (SSSR count). The zero-order valence-corrected chi connectivity index (χ0v) is 11.0. The van der Waals surface area contributed by atoms with Gasteiger partial charge >= 0.3 is 0 Å². The monoisotopic (exact) mass is 255 g/mol. The van der Waals surface area contributed by atoms with Gasteiger partial charge in [0.25, 0.3) is 0 Å². The summed E-state index contributed by atoms with van der Waals surface area (Å²) in [5.74, 6) is 1.39. The molecule has 0 spiro atoms. The number of thioether (sulfide) groups is 1. The molecule has 0 bridgehead atoms. The number of nitrogens with one attached hydrogen (secondary N) is 1. The fourth-order valence-corrected chi connectivity index (χ4v) is 1.93. The average Bonchev–Trinajstić information content (AvgIpc) is 2.40. The lowest BCUT2D eigenvalue weighted by Gasteiger charge is -2.26. The second-order valence-corrected chi connectivity index (χ2v) is 4.35. The van der Waals surface area contributed by atoms with Crippen LogP contribution < -0.4 is 10.2 Å². The van der Waals surface area contributed by atoms with Crippen LogP contribution in [0, 0.1) is 0 Å². The van der Waals surface area contributed by atoms with Crippen molar-refractivity contribution < 1.29 is 4.74 Å². The second kappa shape index (κ2) is 6.02. The normalized spacial score (nSPS) is 16.0. The molecule has 1 aliphatic heterocycles. The SMILES string of the molecule is CCNc1nc(SC)nc(N2CCOCC2)n1. The Morgan fingerprint density at radius 2 is 2.06 bits per heavy atom. The molecule has 2 heterocycles. The minimum absolute atomic E-state index is 0.647. The van der Waals surface area contributed by atoms with E-state index in [4.69, 9.17) is 4.74 Å². The first kappa shape index (κ1) is 12.4. The maximum absolute atomic E-state index is 5.32. The Labute approximate surface area is 105 Å². The van der Waals surface area contributed by atoms with Crippen LogP contribution in [0.1, 0.15) is 6.92 Å². The van der Waals surface area contributed by atoms with Crippen molar-refractivity contribution in [2.24, 2.45) is 0 Å². The van der Waals surface area contributed by atoms with Crippen LogP contribution in [0.3, 0.4) is 0 Å². The van der Waals surface area contributed by atoms with Crippen LogP contribution in [0.25, 0.3) is 0 Å². The minimum atomic E-state index is 0.647. The van der Waals surface area contributed by atoms with E-state index in [-0.39, 0.29) is 0 Å². The molecule has 1 N–H and O–H groups in total. The lowest BCUT2D eigenvalue weighted by Crippen LogP contribution is -2.37. The van der Waals surface area contributed by atoms with E-state index in [2.05, 4.69) is 25.2 Å². The number of morpholine rings is 1. The zero-order chi connectivity index (χ0) is 12.1. The van der Waals surface area contributed by atoms with Gasteiger partial charge in [-0.3, -0.25) is 0 Å². The first-order chi connectivity index (χ1) is 8.33. The fourth-order valence-electron chi connectivity index (χ4n) is 1.58. The molecule has 0 aromatic carbocycles. The van der Waals surface area contributed by atoms with Gasteiger partial charge in [-0.05, 0) is 13.2 Å². The highest BCUT2D eigenvalue weighted by atomic mass is 32.2. The molecule has 94 valence electrons. The number of nitrogens with zero attached hydrogens (tertiary/aromatic N) is 4. The number of ether oxygens (including phenoxy) is 1. The number of hydrogen-bond acceptors (Lipinski definition) is 7. The highest BCUT2D eigenvalue weighted by Gasteiger charge is 2.15. The summed E-state index contributed by atoms with van der Waals surface area (Å²) in [7, 11) is 0. The van der Waals surface area contributed by atoms with Crippen LogP contribution in [-0.4, -0.2) is 54.1 Å². The summed E-state index contributed by atoms with van der Waals surface area (Å²) in [6.45, 7) is 5.97. The van der Waals surface area contributed by atoms with Crippen molar-refractivity contribution in [1.29, 1.82) is 0 Å². The van der Waals surface area contributed by atoms with E-state index in [9.17, 15) is 0 Å². The first-order valence-electron chi connectivity index (χ1n) is 5.70. The topological polar surface area (TPSA) is 63.2 Å². The van der Waals surface area contributed by atoms with Crippen LogP contribution in [0.15, 0.2) is 5.16 Å². The van der Waals surface area contributed by atoms with E-state index >= 15 is 0 Å². The lowest BCUT2D eigenvalue weighted by atomic mass is 10.4. The molecule has 1 fully saturated rings. The van der Waals surface area contributed by atoms with Crippen LogP contribution in [0.5, 0.6) is 0 Å². The van der Waals surface area contributed by atoms with Gasteiger partial charge in [0.15, 0.2) is 5.16 Å². The van der Waals surface area contributed by atoms with E-state index in [0.717, 1.165) is 44.0 Å². The summed E-state index contributed by atoms with van der Waals surface area (Å²) >= 11 is 1.53. The van der Waals surface area contributed by atoms with E-state index in [0.29, 0.717) is 5.95 Å². The van der Waals surface area contributed by atoms with Gasteiger partial charge in [0.05, 0.1) is 13.2 Å². The molecule has 6 nitrogen and oxygen atoms in total. The van der Waals surface area contributed by atoms with E-state index in [1.54, 1.807) is 0 Å². The zero-order valence-electron chi connectivity index (χ0n) is 10.1. The number of hydrogen-bond donors (Lipinski definition) is 1. The average molecular weight is 255 g/mol. The van der Waals surface area contributed by atoms with E-state index < -0.39 is 0 Å². The van der Waals surface area contributed by atoms with Gasteiger partial charge in [-0.2, -0.15) is 15.0 Å². The molecule has 0 saturated carbocycles. The molecule has 0 unspecified atom stereocenters. The molecule has 0 aliphatic carbocycles. The molecular formula is C10H17N5OS. The Morgan fingerprint density at radius 3 is 2.71 bits per heavy atom. The van der Waals surface area contributed by atoms with Crippen LogP contribution in [0.4, 0.5) is 11.9 Å². The van der Waals surface area contributed by atoms with Crippen molar-refractivity contribution in [3.8, 4) is 0 Å². The quantitative estimate of drug-likeness (QED) is 0.801. The van der Waals surface area contributed by atoms with Crippen molar-refractivity contribution in [2.45, 2.75) is 12.1 Å². The number of rotatable bonds is 4. The summed E-state index contributed by atoms with van der Waals surface area (Å²) in [6.07, 6.45) is 1.97. The molecule has 1 aromatic rings. The minimum Gasteiger partial charge on any atom is -0.378 e.